The molecule has 1 aliphatic rings. The Labute approximate surface area is 142 Å². The first-order chi connectivity index (χ1) is 11.3. The summed E-state index contributed by atoms with van der Waals surface area (Å²) in [6.07, 6.45) is -2.24. The van der Waals surface area contributed by atoms with Crippen LogP contribution in [0.25, 0.3) is 10.4 Å². The normalized spacial score (nSPS) is 18.7. The highest BCUT2D eigenvalue weighted by Crippen LogP contribution is 2.35. The summed E-state index contributed by atoms with van der Waals surface area (Å²) in [5.41, 5.74) is -0.188. The number of carbonyl (C=O) groups is 1. The van der Waals surface area contributed by atoms with Gasteiger partial charge in [0.25, 0.3) is 5.91 Å². The maximum Gasteiger partial charge on any atom is 0.416 e. The Morgan fingerprint density at radius 3 is 2.75 bits per heavy atom. The molecule has 2 aromatic rings. The number of likely N-dealkylation sites (tertiary alicyclic amines) is 1. The minimum atomic E-state index is -4.37. The number of thiophene rings is 1. The Balaban J connectivity index is 1.82. The lowest BCUT2D eigenvalue weighted by Gasteiger charge is -2.30. The highest BCUT2D eigenvalue weighted by atomic mass is 32.1. The quantitative estimate of drug-likeness (QED) is 0.717. The molecule has 1 fully saturated rings. The minimum Gasteiger partial charge on any atom is -0.338 e. The lowest BCUT2D eigenvalue weighted by atomic mass is 10.0. The zero-order chi connectivity index (χ0) is 17.3. The first-order valence-electron chi connectivity index (χ1n) is 7.91. The first kappa shape index (κ1) is 17.0. The second-order valence-electron chi connectivity index (χ2n) is 6.24. The van der Waals surface area contributed by atoms with Crippen molar-refractivity contribution in [2.75, 3.05) is 13.1 Å². The molecule has 1 unspecified atom stereocenters. The van der Waals surface area contributed by atoms with E-state index in [1.54, 1.807) is 18.2 Å². The van der Waals surface area contributed by atoms with Gasteiger partial charge >= 0.3 is 6.18 Å². The van der Waals surface area contributed by atoms with E-state index in [0.717, 1.165) is 38.1 Å². The van der Waals surface area contributed by atoms with Gasteiger partial charge in [-0.15, -0.1) is 11.3 Å². The van der Waals surface area contributed by atoms with Gasteiger partial charge in [0.15, 0.2) is 0 Å². The van der Waals surface area contributed by atoms with Crippen molar-refractivity contribution >= 4 is 17.2 Å². The van der Waals surface area contributed by atoms with Gasteiger partial charge in [0.2, 0.25) is 0 Å². The van der Waals surface area contributed by atoms with Crippen LogP contribution in [0.3, 0.4) is 0 Å². The number of nitrogens with zero attached hydrogens (tertiary/aromatic N) is 1. The van der Waals surface area contributed by atoms with E-state index in [4.69, 9.17) is 0 Å². The maximum absolute atomic E-state index is 12.8. The third-order valence-electron chi connectivity index (χ3n) is 4.24. The Bertz CT molecular complexity index is 738. The first-order valence-corrected chi connectivity index (χ1v) is 8.73. The van der Waals surface area contributed by atoms with Crippen molar-refractivity contribution in [1.82, 2.24) is 4.90 Å². The van der Waals surface area contributed by atoms with Crippen LogP contribution in [0.4, 0.5) is 13.2 Å². The molecule has 24 heavy (non-hydrogen) atoms. The van der Waals surface area contributed by atoms with Gasteiger partial charge in [0, 0.05) is 18.0 Å². The Hall–Kier alpha value is -1.82. The number of hydrogen-bond donors (Lipinski definition) is 0. The molecule has 2 nitrogen and oxygen atoms in total. The Morgan fingerprint density at radius 2 is 2.04 bits per heavy atom. The largest absolute Gasteiger partial charge is 0.416 e. The average Bonchev–Trinajstić information content (AvgIpc) is 3.03. The van der Waals surface area contributed by atoms with Crippen molar-refractivity contribution < 1.29 is 18.0 Å². The van der Waals surface area contributed by atoms with Crippen LogP contribution in [0.15, 0.2) is 36.4 Å². The van der Waals surface area contributed by atoms with Crippen LogP contribution in [0.1, 0.15) is 35.0 Å². The van der Waals surface area contributed by atoms with Crippen LogP contribution in [0.5, 0.6) is 0 Å². The fourth-order valence-electron chi connectivity index (χ4n) is 2.99. The molecule has 0 bridgehead atoms. The summed E-state index contributed by atoms with van der Waals surface area (Å²) in [4.78, 5) is 15.7. The highest BCUT2D eigenvalue weighted by Gasteiger charge is 2.30. The summed E-state index contributed by atoms with van der Waals surface area (Å²) >= 11 is 1.25. The van der Waals surface area contributed by atoms with Crippen molar-refractivity contribution in [3.8, 4) is 10.4 Å². The number of benzene rings is 1. The standard InChI is InChI=1S/C18H18F3NOS/c1-12-4-3-9-22(11-12)17(23)16-8-7-15(24-16)13-5-2-6-14(10-13)18(19,20)21/h2,5-8,10,12H,3-4,9,11H2,1H3. The Morgan fingerprint density at radius 1 is 1.25 bits per heavy atom. The van der Waals surface area contributed by atoms with Gasteiger partial charge in [-0.05, 0) is 48.6 Å². The molecule has 0 saturated carbocycles. The summed E-state index contributed by atoms with van der Waals surface area (Å²) in [6.45, 7) is 3.62. The maximum atomic E-state index is 12.8. The van der Waals surface area contributed by atoms with E-state index < -0.39 is 11.7 Å². The fraction of sp³-hybridized carbons (Fsp3) is 0.389. The van der Waals surface area contributed by atoms with Crippen molar-refractivity contribution in [3.63, 3.8) is 0 Å². The lowest BCUT2D eigenvalue weighted by Crippen LogP contribution is -2.38. The molecule has 1 aliphatic heterocycles. The number of amides is 1. The molecular weight excluding hydrogens is 335 g/mol. The zero-order valence-electron chi connectivity index (χ0n) is 13.3. The number of rotatable bonds is 2. The van der Waals surface area contributed by atoms with Gasteiger partial charge in [-0.3, -0.25) is 4.79 Å². The summed E-state index contributed by atoms with van der Waals surface area (Å²) in [5, 5.41) is 0. The molecule has 1 aromatic carbocycles. The molecule has 2 heterocycles. The van der Waals surface area contributed by atoms with E-state index in [9.17, 15) is 18.0 Å². The van der Waals surface area contributed by atoms with Gasteiger partial charge in [0.1, 0.15) is 0 Å². The molecule has 1 atom stereocenters. The molecule has 128 valence electrons. The monoisotopic (exact) mass is 353 g/mol. The molecule has 1 aromatic heterocycles. The predicted molar refractivity (Wildman–Crippen MR) is 89.1 cm³/mol. The van der Waals surface area contributed by atoms with Crippen molar-refractivity contribution in [1.29, 1.82) is 0 Å². The molecule has 0 N–H and O–H groups in total. The molecular formula is C18H18F3NOS. The average molecular weight is 353 g/mol. The van der Waals surface area contributed by atoms with E-state index in [0.29, 0.717) is 21.2 Å². The number of piperidine rings is 1. The third kappa shape index (κ3) is 3.64. The summed E-state index contributed by atoms with van der Waals surface area (Å²) < 4.78 is 38.5. The van der Waals surface area contributed by atoms with Crippen LogP contribution in [-0.4, -0.2) is 23.9 Å². The number of hydrogen-bond acceptors (Lipinski definition) is 2. The molecule has 1 saturated heterocycles. The smallest absolute Gasteiger partial charge is 0.338 e. The Kier molecular flexibility index (Phi) is 4.67. The number of carbonyl (C=O) groups excluding carboxylic acids is 1. The highest BCUT2D eigenvalue weighted by molar-refractivity contribution is 7.17. The zero-order valence-corrected chi connectivity index (χ0v) is 14.1. The topological polar surface area (TPSA) is 20.3 Å². The second kappa shape index (κ2) is 6.59. The summed E-state index contributed by atoms with van der Waals surface area (Å²) in [7, 11) is 0. The fourth-order valence-corrected chi connectivity index (χ4v) is 3.96. The van der Waals surface area contributed by atoms with Gasteiger partial charge in [-0.25, -0.2) is 0 Å². The number of halogens is 3. The van der Waals surface area contributed by atoms with E-state index in [1.807, 2.05) is 4.90 Å². The predicted octanol–water partition coefficient (Wildman–Crippen LogP) is 5.31. The van der Waals surface area contributed by atoms with Crippen molar-refractivity contribution in [3.05, 3.63) is 46.8 Å². The number of alkyl halides is 3. The van der Waals surface area contributed by atoms with Crippen LogP contribution >= 0.6 is 11.3 Å². The lowest BCUT2D eigenvalue weighted by molar-refractivity contribution is -0.137. The second-order valence-corrected chi connectivity index (χ2v) is 7.32. The molecule has 3 rings (SSSR count). The minimum absolute atomic E-state index is 0.0234. The summed E-state index contributed by atoms with van der Waals surface area (Å²) in [5.74, 6) is 0.468. The van der Waals surface area contributed by atoms with Gasteiger partial charge in [-0.2, -0.15) is 13.2 Å². The van der Waals surface area contributed by atoms with E-state index in [1.165, 1.54) is 17.4 Å². The molecule has 1 amide bonds. The van der Waals surface area contributed by atoms with Crippen molar-refractivity contribution in [2.45, 2.75) is 25.9 Å². The van der Waals surface area contributed by atoms with E-state index in [-0.39, 0.29) is 5.91 Å². The van der Waals surface area contributed by atoms with Gasteiger partial charge in [0.05, 0.1) is 10.4 Å². The van der Waals surface area contributed by atoms with Crippen LogP contribution in [0, 0.1) is 5.92 Å². The molecule has 6 heteroatoms. The van der Waals surface area contributed by atoms with Crippen LogP contribution in [-0.2, 0) is 6.18 Å². The SMILES string of the molecule is CC1CCCN(C(=O)c2ccc(-c3cccc(C(F)(F)F)c3)s2)C1. The summed E-state index contributed by atoms with van der Waals surface area (Å²) in [6, 6.07) is 8.65. The van der Waals surface area contributed by atoms with Crippen LogP contribution < -0.4 is 0 Å². The third-order valence-corrected chi connectivity index (χ3v) is 5.36. The van der Waals surface area contributed by atoms with E-state index in [2.05, 4.69) is 6.92 Å². The molecule has 0 radical (unpaired) electrons. The van der Waals surface area contributed by atoms with Crippen molar-refractivity contribution in [2.24, 2.45) is 5.92 Å². The van der Waals surface area contributed by atoms with Gasteiger partial charge in [-0.1, -0.05) is 19.1 Å². The van der Waals surface area contributed by atoms with Crippen LogP contribution in [0.2, 0.25) is 0 Å². The molecule has 0 spiro atoms. The molecule has 0 aliphatic carbocycles. The van der Waals surface area contributed by atoms with Gasteiger partial charge < -0.3 is 4.90 Å². The van der Waals surface area contributed by atoms with E-state index >= 15 is 0 Å².